The first-order chi connectivity index (χ1) is 14.0. The van der Waals surface area contributed by atoms with Gasteiger partial charge in [0.1, 0.15) is 0 Å². The van der Waals surface area contributed by atoms with E-state index in [1.807, 2.05) is 57.4 Å². The summed E-state index contributed by atoms with van der Waals surface area (Å²) < 4.78 is 0. The lowest BCUT2D eigenvalue weighted by Gasteiger charge is -2.18. The summed E-state index contributed by atoms with van der Waals surface area (Å²) in [6, 6.07) is 20.4. The average molecular weight is 402 g/mol. The summed E-state index contributed by atoms with van der Waals surface area (Å²) in [6.07, 6.45) is 1.79. The van der Waals surface area contributed by atoms with Crippen molar-refractivity contribution in [2.75, 3.05) is 30.0 Å². The summed E-state index contributed by atoms with van der Waals surface area (Å²) in [4.78, 5) is 13.3. The van der Waals surface area contributed by atoms with Crippen molar-refractivity contribution in [3.63, 3.8) is 0 Å². The number of aromatic nitrogens is 2. The number of hydrogen-bond acceptors (Lipinski definition) is 6. The Morgan fingerprint density at radius 2 is 1.72 bits per heavy atom. The first-order valence-corrected chi connectivity index (χ1v) is 10.2. The maximum Gasteiger partial charge on any atom is 0.161 e. The van der Waals surface area contributed by atoms with Crippen molar-refractivity contribution in [3.05, 3.63) is 72.6 Å². The number of pyridine rings is 2. The van der Waals surface area contributed by atoms with Gasteiger partial charge in [-0.05, 0) is 67.6 Å². The number of nitrogens with zero attached hydrogens (tertiary/aromatic N) is 3. The largest absolute Gasteiger partial charge is 0.399 e. The van der Waals surface area contributed by atoms with Crippen molar-refractivity contribution in [1.29, 1.82) is 0 Å². The average Bonchev–Trinajstić information content (AvgIpc) is 2.70. The highest BCUT2D eigenvalue weighted by atomic mass is 32.2. The van der Waals surface area contributed by atoms with Crippen molar-refractivity contribution >= 4 is 45.5 Å². The van der Waals surface area contributed by atoms with E-state index < -0.39 is 0 Å². The molecule has 3 N–H and O–H groups in total. The van der Waals surface area contributed by atoms with Crippen LogP contribution in [0.5, 0.6) is 0 Å². The number of nitrogens with two attached hydrogens (primary N) is 1. The number of nitrogens with one attached hydrogen (secondary N) is 1. The van der Waals surface area contributed by atoms with Gasteiger partial charge in [0.05, 0.1) is 11.4 Å². The molecule has 0 spiro atoms. The van der Waals surface area contributed by atoms with E-state index in [1.54, 1.807) is 18.0 Å². The van der Waals surface area contributed by atoms with Crippen LogP contribution in [0.4, 0.5) is 22.7 Å². The molecule has 0 amide bonds. The van der Waals surface area contributed by atoms with Crippen LogP contribution >= 0.6 is 11.8 Å². The zero-order valence-electron chi connectivity index (χ0n) is 16.7. The molecule has 29 heavy (non-hydrogen) atoms. The molecule has 4 rings (SSSR count). The Bertz CT molecular complexity index is 1160. The quantitative estimate of drug-likeness (QED) is 0.432. The fourth-order valence-electron chi connectivity index (χ4n) is 3.02. The molecular weight excluding hydrogens is 378 g/mol. The number of benzene rings is 2. The van der Waals surface area contributed by atoms with E-state index in [9.17, 15) is 0 Å². The van der Waals surface area contributed by atoms with Crippen molar-refractivity contribution < 1.29 is 0 Å². The lowest BCUT2D eigenvalue weighted by molar-refractivity contribution is 1.13. The highest BCUT2D eigenvalue weighted by molar-refractivity contribution is 7.99. The first-order valence-electron chi connectivity index (χ1n) is 9.34. The summed E-state index contributed by atoms with van der Waals surface area (Å²) >= 11 is 1.70. The number of anilines is 4. The molecule has 146 valence electrons. The highest BCUT2D eigenvalue weighted by Gasteiger charge is 2.10. The minimum Gasteiger partial charge on any atom is -0.399 e. The Labute approximate surface area is 175 Å². The molecule has 0 saturated heterocycles. The van der Waals surface area contributed by atoms with Crippen molar-refractivity contribution in [2.24, 2.45) is 0 Å². The maximum atomic E-state index is 5.83. The molecule has 5 nitrogen and oxygen atoms in total. The van der Waals surface area contributed by atoms with Crippen LogP contribution in [0.3, 0.4) is 0 Å². The molecule has 0 radical (unpaired) electrons. The first kappa shape index (κ1) is 19.1. The Balaban J connectivity index is 1.75. The van der Waals surface area contributed by atoms with Crippen molar-refractivity contribution in [1.82, 2.24) is 9.97 Å². The van der Waals surface area contributed by atoms with Crippen LogP contribution in [0.1, 0.15) is 5.69 Å². The predicted octanol–water partition coefficient (Wildman–Crippen LogP) is 5.48. The van der Waals surface area contributed by atoms with Gasteiger partial charge in [-0.15, -0.1) is 0 Å². The molecule has 0 atom stereocenters. The lowest BCUT2D eigenvalue weighted by atomic mass is 10.2. The second-order valence-electron chi connectivity index (χ2n) is 7.05. The smallest absolute Gasteiger partial charge is 0.161 e. The molecule has 0 unspecified atom stereocenters. The molecule has 2 aromatic heterocycles. The Morgan fingerprint density at radius 3 is 2.48 bits per heavy atom. The van der Waals surface area contributed by atoms with Gasteiger partial charge >= 0.3 is 0 Å². The molecule has 2 aromatic carbocycles. The van der Waals surface area contributed by atoms with Crippen LogP contribution in [0, 0.1) is 6.92 Å². The number of aryl methyl sites for hydroxylation is 1. The Morgan fingerprint density at radius 1 is 0.931 bits per heavy atom. The van der Waals surface area contributed by atoms with Crippen LogP contribution in [-0.2, 0) is 0 Å². The topological polar surface area (TPSA) is 67.1 Å². The third-order valence-corrected chi connectivity index (χ3v) is 5.68. The second kappa shape index (κ2) is 8.01. The Kier molecular flexibility index (Phi) is 5.27. The molecule has 0 aliphatic carbocycles. The highest BCUT2D eigenvalue weighted by Crippen LogP contribution is 2.38. The SMILES string of the molecule is Cc1ccc2c(Nc3cc(N(C)C)ccc3Sc3ccc(N)cc3)ccnc2n1. The van der Waals surface area contributed by atoms with Gasteiger partial charge in [-0.25, -0.2) is 9.97 Å². The molecule has 4 aromatic rings. The third-order valence-electron chi connectivity index (χ3n) is 4.60. The van der Waals surface area contributed by atoms with Crippen LogP contribution in [-0.4, -0.2) is 24.1 Å². The summed E-state index contributed by atoms with van der Waals surface area (Å²) in [6.45, 7) is 1.98. The minimum atomic E-state index is 0.742. The summed E-state index contributed by atoms with van der Waals surface area (Å²) in [7, 11) is 4.08. The van der Waals surface area contributed by atoms with E-state index in [4.69, 9.17) is 5.73 Å². The predicted molar refractivity (Wildman–Crippen MR) is 123 cm³/mol. The molecule has 0 fully saturated rings. The minimum absolute atomic E-state index is 0.742. The molecule has 0 bridgehead atoms. The number of nitrogen functional groups attached to an aromatic ring is 1. The molecule has 0 aliphatic rings. The standard InChI is InChI=1S/C23H23N5S/c1-15-4-10-19-20(12-13-25-23(19)26-15)27-21-14-17(28(2)3)7-11-22(21)29-18-8-5-16(24)6-9-18/h4-14H,24H2,1-3H3,(H,25,26,27). The zero-order chi connectivity index (χ0) is 20.4. The maximum absolute atomic E-state index is 5.83. The van der Waals surface area contributed by atoms with Gasteiger partial charge in [0.25, 0.3) is 0 Å². The zero-order valence-corrected chi connectivity index (χ0v) is 17.5. The number of rotatable bonds is 5. The summed E-state index contributed by atoms with van der Waals surface area (Å²) in [5, 5.41) is 4.61. The van der Waals surface area contributed by atoms with Gasteiger partial charge in [0, 0.05) is 52.5 Å². The van der Waals surface area contributed by atoms with E-state index in [0.717, 1.165) is 49.3 Å². The molecule has 0 aliphatic heterocycles. The van der Waals surface area contributed by atoms with Gasteiger partial charge in [-0.1, -0.05) is 11.8 Å². The normalized spacial score (nSPS) is 10.9. The van der Waals surface area contributed by atoms with Gasteiger partial charge in [0.2, 0.25) is 0 Å². The number of fused-ring (bicyclic) bond motifs is 1. The van der Waals surface area contributed by atoms with E-state index in [1.165, 1.54) is 0 Å². The second-order valence-corrected chi connectivity index (χ2v) is 8.17. The van der Waals surface area contributed by atoms with E-state index in [0.29, 0.717) is 0 Å². The van der Waals surface area contributed by atoms with Crippen LogP contribution < -0.4 is 16.0 Å². The fraction of sp³-hybridized carbons (Fsp3) is 0.130. The van der Waals surface area contributed by atoms with Crippen LogP contribution in [0.25, 0.3) is 11.0 Å². The van der Waals surface area contributed by atoms with Gasteiger partial charge in [-0.3, -0.25) is 0 Å². The van der Waals surface area contributed by atoms with Crippen LogP contribution in [0.2, 0.25) is 0 Å². The number of hydrogen-bond donors (Lipinski definition) is 2. The van der Waals surface area contributed by atoms with Gasteiger partial charge in [-0.2, -0.15) is 0 Å². The third kappa shape index (κ3) is 4.27. The lowest BCUT2D eigenvalue weighted by Crippen LogP contribution is -2.09. The molecule has 0 saturated carbocycles. The van der Waals surface area contributed by atoms with E-state index >= 15 is 0 Å². The van der Waals surface area contributed by atoms with E-state index in [2.05, 4.69) is 44.5 Å². The molecule has 2 heterocycles. The molecular formula is C23H23N5S. The fourth-order valence-corrected chi connectivity index (χ4v) is 3.91. The van der Waals surface area contributed by atoms with Crippen LogP contribution in [0.15, 0.2) is 76.7 Å². The summed E-state index contributed by atoms with van der Waals surface area (Å²) in [5.41, 5.74) is 11.4. The van der Waals surface area contributed by atoms with Gasteiger partial charge in [0.15, 0.2) is 5.65 Å². The molecule has 6 heteroatoms. The van der Waals surface area contributed by atoms with E-state index in [-0.39, 0.29) is 0 Å². The Hall–Kier alpha value is -3.25. The van der Waals surface area contributed by atoms with Crippen molar-refractivity contribution in [3.8, 4) is 0 Å². The van der Waals surface area contributed by atoms with Crippen molar-refractivity contribution in [2.45, 2.75) is 16.7 Å². The van der Waals surface area contributed by atoms with Gasteiger partial charge < -0.3 is 16.0 Å². The summed E-state index contributed by atoms with van der Waals surface area (Å²) in [5.74, 6) is 0. The monoisotopic (exact) mass is 401 g/mol.